The van der Waals surface area contributed by atoms with E-state index >= 15 is 0 Å². The lowest BCUT2D eigenvalue weighted by Gasteiger charge is -2.28. The van der Waals surface area contributed by atoms with E-state index < -0.39 is 11.4 Å². The Morgan fingerprint density at radius 2 is 1.59 bits per heavy atom. The Morgan fingerprint density at radius 3 is 2.06 bits per heavy atom. The van der Waals surface area contributed by atoms with Gasteiger partial charge in [-0.2, -0.15) is 0 Å². The van der Waals surface area contributed by atoms with Crippen LogP contribution in [0.1, 0.15) is 44.1 Å². The van der Waals surface area contributed by atoms with Crippen molar-refractivity contribution in [1.82, 2.24) is 0 Å². The Morgan fingerprint density at radius 1 is 1.06 bits per heavy atom. The molecule has 0 heterocycles. The van der Waals surface area contributed by atoms with Gasteiger partial charge >= 0.3 is 5.97 Å². The third kappa shape index (κ3) is 2.47. The molecule has 0 unspecified atom stereocenters. The summed E-state index contributed by atoms with van der Waals surface area (Å²) in [4.78, 5) is 11.7. The van der Waals surface area contributed by atoms with Crippen LogP contribution in [-0.4, -0.2) is 11.1 Å². The largest absolute Gasteiger partial charge is 0.481 e. The molecular weight excluding hydrogens is 236 g/mol. The second-order valence-electron chi connectivity index (χ2n) is 4.81. The van der Waals surface area contributed by atoms with Gasteiger partial charge in [-0.05, 0) is 30.5 Å². The highest BCUT2D eigenvalue weighted by molar-refractivity contribution is 6.30. The van der Waals surface area contributed by atoms with Crippen molar-refractivity contribution in [2.45, 2.75) is 43.9 Å². The molecule has 92 valence electrons. The first-order valence-corrected chi connectivity index (χ1v) is 6.52. The van der Waals surface area contributed by atoms with E-state index in [1.165, 1.54) is 0 Å². The Kier molecular flexibility index (Phi) is 3.72. The van der Waals surface area contributed by atoms with Gasteiger partial charge in [0.1, 0.15) is 0 Å². The number of carbonyl (C=O) groups is 1. The van der Waals surface area contributed by atoms with Crippen LogP contribution in [0.2, 0.25) is 5.02 Å². The average molecular weight is 253 g/mol. The molecule has 3 heteroatoms. The third-order valence-corrected chi connectivity index (χ3v) is 4.02. The van der Waals surface area contributed by atoms with Gasteiger partial charge in [0.15, 0.2) is 0 Å². The minimum atomic E-state index is -0.693. The number of aliphatic carboxylic acids is 1. The standard InChI is InChI=1S/C14H17ClO2/c15-12-7-5-11(6-8-12)14(13(16)17)9-3-1-2-4-10-14/h5-8H,1-4,9-10H2,(H,16,17). The van der Waals surface area contributed by atoms with E-state index in [1.54, 1.807) is 12.1 Å². The Balaban J connectivity index is 2.39. The van der Waals surface area contributed by atoms with Crippen LogP contribution in [0.15, 0.2) is 24.3 Å². The predicted molar refractivity (Wildman–Crippen MR) is 68.5 cm³/mol. The van der Waals surface area contributed by atoms with Gasteiger partial charge in [0.2, 0.25) is 0 Å². The lowest BCUT2D eigenvalue weighted by atomic mass is 9.74. The van der Waals surface area contributed by atoms with Crippen LogP contribution in [-0.2, 0) is 10.2 Å². The van der Waals surface area contributed by atoms with E-state index in [1.807, 2.05) is 12.1 Å². The summed E-state index contributed by atoms with van der Waals surface area (Å²) in [6, 6.07) is 7.29. The molecule has 0 aromatic heterocycles. The quantitative estimate of drug-likeness (QED) is 0.808. The summed E-state index contributed by atoms with van der Waals surface area (Å²) < 4.78 is 0. The van der Waals surface area contributed by atoms with Crippen LogP contribution in [0.4, 0.5) is 0 Å². The number of carboxylic acid groups (broad SMARTS) is 1. The molecule has 2 nitrogen and oxygen atoms in total. The van der Waals surface area contributed by atoms with Crippen LogP contribution < -0.4 is 0 Å². The molecule has 1 aliphatic rings. The zero-order valence-corrected chi connectivity index (χ0v) is 10.5. The number of hydrogen-bond acceptors (Lipinski definition) is 1. The molecule has 1 aromatic rings. The monoisotopic (exact) mass is 252 g/mol. The minimum absolute atomic E-state index is 0.655. The number of hydrogen-bond donors (Lipinski definition) is 1. The third-order valence-electron chi connectivity index (χ3n) is 3.76. The molecule has 1 aliphatic carbocycles. The van der Waals surface area contributed by atoms with Crippen LogP contribution in [0.3, 0.4) is 0 Å². The highest BCUT2D eigenvalue weighted by atomic mass is 35.5. The first-order chi connectivity index (χ1) is 8.15. The van der Waals surface area contributed by atoms with Gasteiger partial charge in [-0.1, -0.05) is 49.4 Å². The van der Waals surface area contributed by atoms with Crippen molar-refractivity contribution in [2.75, 3.05) is 0 Å². The van der Waals surface area contributed by atoms with Crippen LogP contribution in [0.5, 0.6) is 0 Å². The maximum Gasteiger partial charge on any atom is 0.314 e. The molecule has 0 atom stereocenters. The van der Waals surface area contributed by atoms with E-state index in [0.29, 0.717) is 5.02 Å². The zero-order chi connectivity index (χ0) is 12.3. The van der Waals surface area contributed by atoms with Crippen LogP contribution >= 0.6 is 11.6 Å². The molecule has 0 radical (unpaired) electrons. The molecule has 0 bridgehead atoms. The highest BCUT2D eigenvalue weighted by Gasteiger charge is 2.40. The van der Waals surface area contributed by atoms with Gasteiger partial charge < -0.3 is 5.11 Å². The second kappa shape index (κ2) is 5.09. The summed E-state index contributed by atoms with van der Waals surface area (Å²) in [6.07, 6.45) is 5.75. The van der Waals surface area contributed by atoms with Gasteiger partial charge in [-0.25, -0.2) is 0 Å². The lowest BCUT2D eigenvalue weighted by Crippen LogP contribution is -2.35. The smallest absolute Gasteiger partial charge is 0.314 e. The number of halogens is 1. The van der Waals surface area contributed by atoms with E-state index in [0.717, 1.165) is 44.1 Å². The summed E-state index contributed by atoms with van der Waals surface area (Å²) in [5.41, 5.74) is 0.206. The highest BCUT2D eigenvalue weighted by Crippen LogP contribution is 2.39. The van der Waals surface area contributed by atoms with Crippen LogP contribution in [0.25, 0.3) is 0 Å². The first kappa shape index (κ1) is 12.4. The second-order valence-corrected chi connectivity index (χ2v) is 5.24. The SMILES string of the molecule is O=C(O)C1(c2ccc(Cl)cc2)CCCCCC1. The molecular formula is C14H17ClO2. The normalized spacial score (nSPS) is 19.6. The van der Waals surface area contributed by atoms with Crippen molar-refractivity contribution in [2.24, 2.45) is 0 Å². The van der Waals surface area contributed by atoms with Gasteiger partial charge in [-0.15, -0.1) is 0 Å². The van der Waals surface area contributed by atoms with Crippen LogP contribution in [0, 0.1) is 0 Å². The van der Waals surface area contributed by atoms with Crippen molar-refractivity contribution < 1.29 is 9.90 Å². The molecule has 0 saturated heterocycles. The molecule has 0 spiro atoms. The first-order valence-electron chi connectivity index (χ1n) is 6.15. The molecule has 2 rings (SSSR count). The summed E-state index contributed by atoms with van der Waals surface area (Å²) in [5, 5.41) is 10.3. The fourth-order valence-corrected chi connectivity index (χ4v) is 2.85. The van der Waals surface area contributed by atoms with E-state index in [4.69, 9.17) is 11.6 Å². The number of carboxylic acids is 1. The molecule has 17 heavy (non-hydrogen) atoms. The maximum absolute atomic E-state index is 11.7. The maximum atomic E-state index is 11.7. The van der Waals surface area contributed by atoms with Crippen molar-refractivity contribution in [3.8, 4) is 0 Å². The summed E-state index contributed by atoms with van der Waals surface area (Å²) in [6.45, 7) is 0. The molecule has 1 N–H and O–H groups in total. The topological polar surface area (TPSA) is 37.3 Å². The molecule has 1 saturated carbocycles. The van der Waals surface area contributed by atoms with E-state index in [9.17, 15) is 9.90 Å². The zero-order valence-electron chi connectivity index (χ0n) is 9.79. The summed E-state index contributed by atoms with van der Waals surface area (Å²) in [5.74, 6) is -0.693. The summed E-state index contributed by atoms with van der Waals surface area (Å²) in [7, 11) is 0. The Bertz CT molecular complexity index is 389. The van der Waals surface area contributed by atoms with Crippen molar-refractivity contribution in [1.29, 1.82) is 0 Å². The molecule has 1 aromatic carbocycles. The minimum Gasteiger partial charge on any atom is -0.481 e. The average Bonchev–Trinajstić information content (AvgIpc) is 2.56. The van der Waals surface area contributed by atoms with E-state index in [-0.39, 0.29) is 0 Å². The Labute approximate surface area is 107 Å². The molecule has 0 aliphatic heterocycles. The fraction of sp³-hybridized carbons (Fsp3) is 0.500. The van der Waals surface area contributed by atoms with Gasteiger partial charge in [0, 0.05) is 5.02 Å². The lowest BCUT2D eigenvalue weighted by molar-refractivity contribution is -0.144. The van der Waals surface area contributed by atoms with Crippen molar-refractivity contribution in [3.63, 3.8) is 0 Å². The number of benzene rings is 1. The molecule has 0 amide bonds. The van der Waals surface area contributed by atoms with E-state index in [2.05, 4.69) is 0 Å². The predicted octanol–water partition coefficient (Wildman–Crippen LogP) is 4.02. The van der Waals surface area contributed by atoms with Gasteiger partial charge in [0.25, 0.3) is 0 Å². The van der Waals surface area contributed by atoms with Gasteiger partial charge in [-0.3, -0.25) is 4.79 Å². The van der Waals surface area contributed by atoms with Gasteiger partial charge in [0.05, 0.1) is 5.41 Å². The fourth-order valence-electron chi connectivity index (χ4n) is 2.73. The molecule has 1 fully saturated rings. The summed E-state index contributed by atoms with van der Waals surface area (Å²) >= 11 is 5.86. The van der Waals surface area contributed by atoms with Crippen molar-refractivity contribution >= 4 is 17.6 Å². The number of rotatable bonds is 2. The Hall–Kier alpha value is -1.02. The van der Waals surface area contributed by atoms with Crippen molar-refractivity contribution in [3.05, 3.63) is 34.9 Å².